The van der Waals surface area contributed by atoms with Crippen molar-refractivity contribution in [3.8, 4) is 11.3 Å². The van der Waals surface area contributed by atoms with Crippen LogP contribution >= 0.6 is 0 Å². The molecule has 1 amide bonds. The van der Waals surface area contributed by atoms with E-state index < -0.39 is 0 Å². The topological polar surface area (TPSA) is 114 Å². The third-order valence-electron chi connectivity index (χ3n) is 5.53. The van der Waals surface area contributed by atoms with Crippen LogP contribution in [-0.4, -0.2) is 26.6 Å². The molecule has 0 radical (unpaired) electrons. The van der Waals surface area contributed by atoms with Crippen LogP contribution in [0.25, 0.3) is 22.2 Å². The first-order chi connectivity index (χ1) is 16.5. The van der Waals surface area contributed by atoms with E-state index in [0.717, 1.165) is 27.9 Å². The first kappa shape index (κ1) is 21.1. The molecule has 0 bridgehead atoms. The first-order valence-corrected chi connectivity index (χ1v) is 10.7. The molecule has 0 aliphatic heterocycles. The van der Waals surface area contributed by atoms with Gasteiger partial charge in [-0.15, -0.1) is 0 Å². The number of aromatic amines is 1. The molecule has 0 fully saturated rings. The predicted molar refractivity (Wildman–Crippen MR) is 133 cm³/mol. The highest BCUT2D eigenvalue weighted by Crippen LogP contribution is 2.24. The fourth-order valence-electron chi connectivity index (χ4n) is 3.80. The number of nitrogens with one attached hydrogen (secondary N) is 2. The van der Waals surface area contributed by atoms with Crippen LogP contribution in [0.3, 0.4) is 0 Å². The molecule has 7 heteroatoms. The number of rotatable bonds is 5. The van der Waals surface area contributed by atoms with Crippen LogP contribution in [0.5, 0.6) is 0 Å². The summed E-state index contributed by atoms with van der Waals surface area (Å²) in [6.45, 7) is 1.88. The zero-order valence-corrected chi connectivity index (χ0v) is 18.4. The van der Waals surface area contributed by atoms with Gasteiger partial charge in [-0.2, -0.15) is 0 Å². The van der Waals surface area contributed by atoms with Crippen molar-refractivity contribution in [2.24, 2.45) is 0 Å². The molecule has 2 aromatic carbocycles. The highest BCUT2D eigenvalue weighted by Gasteiger charge is 2.13. The fourth-order valence-corrected chi connectivity index (χ4v) is 3.80. The molecule has 0 atom stereocenters. The van der Waals surface area contributed by atoms with Gasteiger partial charge in [0.05, 0.1) is 5.52 Å². The zero-order valence-electron chi connectivity index (χ0n) is 18.4. The number of nitrogens with two attached hydrogens (primary N) is 1. The average molecular weight is 447 g/mol. The van der Waals surface area contributed by atoms with Crippen LogP contribution in [0, 0.1) is 6.92 Å². The molecule has 34 heavy (non-hydrogen) atoms. The summed E-state index contributed by atoms with van der Waals surface area (Å²) >= 11 is 0. The van der Waals surface area contributed by atoms with Crippen molar-refractivity contribution in [2.45, 2.75) is 6.92 Å². The van der Waals surface area contributed by atoms with Gasteiger partial charge in [-0.25, -0.2) is 0 Å². The van der Waals surface area contributed by atoms with Crippen molar-refractivity contribution in [1.29, 1.82) is 0 Å². The minimum absolute atomic E-state index is 0.145. The Bertz CT molecular complexity index is 1520. The van der Waals surface area contributed by atoms with Crippen LogP contribution in [0.1, 0.15) is 32.1 Å². The number of amides is 1. The van der Waals surface area contributed by atoms with Crippen molar-refractivity contribution >= 4 is 34.0 Å². The molecule has 7 nitrogen and oxygen atoms in total. The molecule has 0 saturated heterocycles. The summed E-state index contributed by atoms with van der Waals surface area (Å²) in [5.41, 5.74) is 12.0. The van der Waals surface area contributed by atoms with Crippen molar-refractivity contribution in [2.75, 3.05) is 11.1 Å². The van der Waals surface area contributed by atoms with E-state index in [9.17, 15) is 9.59 Å². The zero-order chi connectivity index (χ0) is 23.7. The second-order valence-corrected chi connectivity index (χ2v) is 7.96. The average Bonchev–Trinajstić information content (AvgIpc) is 3.34. The Labute approximate surface area is 195 Å². The Balaban J connectivity index is 1.31. The van der Waals surface area contributed by atoms with Gasteiger partial charge >= 0.3 is 0 Å². The lowest BCUT2D eigenvalue weighted by Crippen LogP contribution is -2.12. The number of anilines is 2. The number of nitrogen functional groups attached to an aromatic ring is 1. The van der Waals surface area contributed by atoms with Gasteiger partial charge in [0.25, 0.3) is 5.91 Å². The van der Waals surface area contributed by atoms with Crippen LogP contribution in [0.15, 0.2) is 85.2 Å². The van der Waals surface area contributed by atoms with E-state index in [1.807, 2.05) is 31.2 Å². The van der Waals surface area contributed by atoms with Crippen molar-refractivity contribution in [3.05, 3.63) is 108 Å². The molecule has 0 aliphatic rings. The fraction of sp³-hybridized carbons (Fsp3) is 0.0370. The molecule has 0 saturated carbocycles. The second-order valence-electron chi connectivity index (χ2n) is 7.96. The Morgan fingerprint density at radius 3 is 2.53 bits per heavy atom. The highest BCUT2D eigenvalue weighted by molar-refractivity contribution is 6.08. The Morgan fingerprint density at radius 2 is 1.76 bits per heavy atom. The molecule has 5 aromatic rings. The number of hydrogen-bond acceptors (Lipinski definition) is 5. The smallest absolute Gasteiger partial charge is 0.255 e. The SMILES string of the molecule is Cc1cc(N)c2cc(C(=O)Nc3ccc(-c4cc(C(=O)c5ccccn5)c[nH]4)cc3)ccc2n1. The van der Waals surface area contributed by atoms with Gasteiger partial charge in [0.2, 0.25) is 5.78 Å². The normalized spacial score (nSPS) is 10.9. The number of fused-ring (bicyclic) bond motifs is 1. The number of pyridine rings is 2. The largest absolute Gasteiger partial charge is 0.398 e. The van der Waals surface area contributed by atoms with Crippen LogP contribution < -0.4 is 11.1 Å². The standard InChI is InChI=1S/C27H21N5O2/c1-16-12-22(28)21-13-18(7-10-23(21)31-16)27(34)32-20-8-5-17(6-9-20)25-14-19(15-30-25)26(33)24-4-2-3-11-29-24/h2-15,30H,1H3,(H2,28,31)(H,32,34). The number of carbonyl (C=O) groups is 2. The van der Waals surface area contributed by atoms with Crippen molar-refractivity contribution in [3.63, 3.8) is 0 Å². The summed E-state index contributed by atoms with van der Waals surface area (Å²) in [5.74, 6) is -0.383. The molecule has 0 unspecified atom stereocenters. The minimum Gasteiger partial charge on any atom is -0.398 e. The van der Waals surface area contributed by atoms with E-state index in [1.165, 1.54) is 0 Å². The quantitative estimate of drug-likeness (QED) is 0.328. The van der Waals surface area contributed by atoms with Crippen molar-refractivity contribution < 1.29 is 9.59 Å². The molecular formula is C27H21N5O2. The summed E-state index contributed by atoms with van der Waals surface area (Å²) in [5, 5.41) is 3.65. The third-order valence-corrected chi connectivity index (χ3v) is 5.53. The maximum Gasteiger partial charge on any atom is 0.255 e. The Morgan fingerprint density at radius 1 is 0.941 bits per heavy atom. The number of carbonyl (C=O) groups excluding carboxylic acids is 2. The first-order valence-electron chi connectivity index (χ1n) is 10.7. The van der Waals surface area contributed by atoms with E-state index in [0.29, 0.717) is 28.2 Å². The summed E-state index contributed by atoms with van der Waals surface area (Å²) in [6, 6.07) is 21.5. The maximum atomic E-state index is 12.8. The van der Waals surface area contributed by atoms with Gasteiger partial charge in [0, 0.05) is 51.7 Å². The van der Waals surface area contributed by atoms with Crippen molar-refractivity contribution in [1.82, 2.24) is 15.0 Å². The minimum atomic E-state index is -0.238. The van der Waals surface area contributed by atoms with Crippen LogP contribution in [-0.2, 0) is 0 Å². The molecule has 3 aromatic heterocycles. The number of aromatic nitrogens is 3. The third kappa shape index (κ3) is 4.14. The number of aryl methyl sites for hydroxylation is 1. The predicted octanol–water partition coefficient (Wildman–Crippen LogP) is 5.00. The van der Waals surface area contributed by atoms with Crippen LogP contribution in [0.2, 0.25) is 0 Å². The number of ketones is 1. The molecule has 0 spiro atoms. The Hall–Kier alpha value is -4.78. The number of H-pyrrole nitrogens is 1. The van der Waals surface area contributed by atoms with Gasteiger partial charge in [0.1, 0.15) is 5.69 Å². The Kier molecular flexibility index (Phi) is 5.35. The number of benzene rings is 2. The highest BCUT2D eigenvalue weighted by atomic mass is 16.1. The number of hydrogen-bond donors (Lipinski definition) is 3. The van der Waals surface area contributed by atoms with E-state index in [4.69, 9.17) is 5.73 Å². The lowest BCUT2D eigenvalue weighted by Gasteiger charge is -2.08. The molecule has 3 heterocycles. The summed E-state index contributed by atoms with van der Waals surface area (Å²) in [7, 11) is 0. The van der Waals surface area contributed by atoms with E-state index in [-0.39, 0.29) is 11.7 Å². The lowest BCUT2D eigenvalue weighted by molar-refractivity contribution is 0.102. The summed E-state index contributed by atoms with van der Waals surface area (Å²) in [6.07, 6.45) is 3.27. The van der Waals surface area contributed by atoms with E-state index >= 15 is 0 Å². The maximum absolute atomic E-state index is 12.8. The van der Waals surface area contributed by atoms with E-state index in [2.05, 4.69) is 20.3 Å². The van der Waals surface area contributed by atoms with Gasteiger partial charge < -0.3 is 16.0 Å². The van der Waals surface area contributed by atoms with Gasteiger partial charge in [-0.05, 0) is 67.1 Å². The molecule has 166 valence electrons. The lowest BCUT2D eigenvalue weighted by atomic mass is 10.1. The summed E-state index contributed by atoms with van der Waals surface area (Å²) in [4.78, 5) is 37.1. The van der Waals surface area contributed by atoms with E-state index in [1.54, 1.807) is 60.9 Å². The molecule has 5 rings (SSSR count). The number of nitrogens with zero attached hydrogens (tertiary/aromatic N) is 2. The summed E-state index contributed by atoms with van der Waals surface area (Å²) < 4.78 is 0. The van der Waals surface area contributed by atoms with Crippen LogP contribution in [0.4, 0.5) is 11.4 Å². The second kappa shape index (κ2) is 8.63. The van der Waals surface area contributed by atoms with Gasteiger partial charge in [-0.1, -0.05) is 18.2 Å². The molecular weight excluding hydrogens is 426 g/mol. The monoisotopic (exact) mass is 447 g/mol. The van der Waals surface area contributed by atoms with Gasteiger partial charge in [0.15, 0.2) is 0 Å². The molecule has 4 N–H and O–H groups in total. The van der Waals surface area contributed by atoms with Gasteiger partial charge in [-0.3, -0.25) is 19.6 Å². The molecule has 0 aliphatic carbocycles.